The molecule has 2 aliphatic rings. The van der Waals surface area contributed by atoms with Crippen molar-refractivity contribution in [2.45, 2.75) is 64.0 Å². The lowest BCUT2D eigenvalue weighted by atomic mass is 10.1. The Morgan fingerprint density at radius 1 is 1.11 bits per heavy atom. The first kappa shape index (κ1) is 27.5. The van der Waals surface area contributed by atoms with Gasteiger partial charge in [0.2, 0.25) is 18.3 Å². The minimum Gasteiger partial charge on any atom is -0.356 e. The average molecular weight is 522 g/mol. The third kappa shape index (κ3) is 6.86. The molecular weight excluding hydrogens is 482 g/mol. The molecule has 204 valence electrons. The standard InChI is InChI=1S/C28H39N7O3/c1-20(37)29-15-6-7-22-17-30-28(32-26(22)35(19-36)24-8-4-5-9-24)31-23-12-10-21(11-13-23)27(38)34-16-14-25(18-34)33(2)3/h10-13,17,19,24-25H,4-9,14-16,18H2,1-3H3,(H,29,37)(H,30,31,32)/t25-/m0/s1. The molecule has 3 amide bonds. The molecule has 2 fully saturated rings. The quantitative estimate of drug-likeness (QED) is 0.345. The van der Waals surface area contributed by atoms with Crippen molar-refractivity contribution in [3.05, 3.63) is 41.6 Å². The van der Waals surface area contributed by atoms with Crippen LogP contribution in [0.3, 0.4) is 0 Å². The fourth-order valence-electron chi connectivity index (χ4n) is 5.25. The Balaban J connectivity index is 1.47. The molecule has 4 rings (SSSR count). The molecule has 0 spiro atoms. The molecule has 1 aliphatic heterocycles. The zero-order valence-corrected chi connectivity index (χ0v) is 22.7. The fraction of sp³-hybridized carbons (Fsp3) is 0.536. The van der Waals surface area contributed by atoms with E-state index in [9.17, 15) is 14.4 Å². The summed E-state index contributed by atoms with van der Waals surface area (Å²) in [5.74, 6) is 0.986. The lowest BCUT2D eigenvalue weighted by Gasteiger charge is -2.26. The maximum Gasteiger partial charge on any atom is 0.253 e. The Labute approximate surface area is 224 Å². The van der Waals surface area contributed by atoms with Gasteiger partial charge in [0, 0.05) is 61.7 Å². The van der Waals surface area contributed by atoms with Crippen molar-refractivity contribution < 1.29 is 14.4 Å². The summed E-state index contributed by atoms with van der Waals surface area (Å²) in [4.78, 5) is 51.4. The minimum atomic E-state index is -0.0626. The Kier molecular flexibility index (Phi) is 9.28. The van der Waals surface area contributed by atoms with Gasteiger partial charge in [-0.15, -0.1) is 0 Å². The number of anilines is 3. The molecule has 0 radical (unpaired) electrons. The second-order valence-corrected chi connectivity index (χ2v) is 10.4. The number of likely N-dealkylation sites (N-methyl/N-ethyl adjacent to an activating group) is 1. The van der Waals surface area contributed by atoms with Crippen molar-refractivity contribution >= 4 is 35.7 Å². The van der Waals surface area contributed by atoms with E-state index >= 15 is 0 Å². The average Bonchev–Trinajstić information content (AvgIpc) is 3.61. The lowest BCUT2D eigenvalue weighted by molar-refractivity contribution is -0.119. The third-order valence-corrected chi connectivity index (χ3v) is 7.48. The number of rotatable bonds is 11. The van der Waals surface area contributed by atoms with Gasteiger partial charge in [-0.2, -0.15) is 4.98 Å². The number of aryl methyl sites for hydroxylation is 1. The van der Waals surface area contributed by atoms with Crippen LogP contribution in [0, 0.1) is 0 Å². The first-order valence-electron chi connectivity index (χ1n) is 13.5. The summed E-state index contributed by atoms with van der Waals surface area (Å²) in [6.07, 6.45) is 9.10. The molecule has 38 heavy (non-hydrogen) atoms. The highest BCUT2D eigenvalue weighted by atomic mass is 16.2. The Bertz CT molecular complexity index is 1120. The van der Waals surface area contributed by atoms with Crippen molar-refractivity contribution in [2.75, 3.05) is 43.9 Å². The van der Waals surface area contributed by atoms with Crippen LogP contribution >= 0.6 is 0 Å². The first-order chi connectivity index (χ1) is 18.4. The predicted molar refractivity (Wildman–Crippen MR) is 148 cm³/mol. The number of nitrogens with one attached hydrogen (secondary N) is 2. The van der Waals surface area contributed by atoms with Gasteiger partial charge in [0.1, 0.15) is 5.82 Å². The van der Waals surface area contributed by atoms with Gasteiger partial charge in [-0.1, -0.05) is 12.8 Å². The van der Waals surface area contributed by atoms with Crippen molar-refractivity contribution in [2.24, 2.45) is 0 Å². The van der Waals surface area contributed by atoms with Crippen LogP contribution in [-0.2, 0) is 16.0 Å². The number of nitrogens with zero attached hydrogens (tertiary/aromatic N) is 5. The van der Waals surface area contributed by atoms with Crippen LogP contribution < -0.4 is 15.5 Å². The highest BCUT2D eigenvalue weighted by Gasteiger charge is 2.28. The van der Waals surface area contributed by atoms with Gasteiger partial charge in [-0.05, 0) is 70.5 Å². The van der Waals surface area contributed by atoms with Gasteiger partial charge in [0.25, 0.3) is 5.91 Å². The lowest BCUT2D eigenvalue weighted by Crippen LogP contribution is -2.34. The van der Waals surface area contributed by atoms with Crippen LogP contribution in [-0.4, -0.2) is 83.8 Å². The molecule has 1 atom stereocenters. The summed E-state index contributed by atoms with van der Waals surface area (Å²) >= 11 is 0. The molecule has 1 aliphatic carbocycles. The SMILES string of the molecule is CC(=O)NCCCc1cnc(Nc2ccc(C(=O)N3CC[C@H](N(C)C)C3)cc2)nc1N(C=O)C1CCCC1. The number of aromatic nitrogens is 2. The van der Waals surface area contributed by atoms with Crippen molar-refractivity contribution in [1.29, 1.82) is 0 Å². The number of carbonyl (C=O) groups is 3. The highest BCUT2D eigenvalue weighted by Crippen LogP contribution is 2.30. The maximum atomic E-state index is 12.9. The molecular formula is C28H39N7O3. The van der Waals surface area contributed by atoms with Crippen LogP contribution in [0.1, 0.15) is 61.4 Å². The zero-order chi connectivity index (χ0) is 27.1. The Morgan fingerprint density at radius 2 is 1.84 bits per heavy atom. The molecule has 1 aromatic heterocycles. The van der Waals surface area contributed by atoms with Crippen LogP contribution in [0.4, 0.5) is 17.5 Å². The predicted octanol–water partition coefficient (Wildman–Crippen LogP) is 2.97. The van der Waals surface area contributed by atoms with E-state index in [2.05, 4.69) is 20.5 Å². The van der Waals surface area contributed by atoms with Crippen LogP contribution in [0.15, 0.2) is 30.5 Å². The molecule has 0 unspecified atom stereocenters. The molecule has 2 heterocycles. The van der Waals surface area contributed by atoms with Gasteiger partial charge in [0.05, 0.1) is 0 Å². The van der Waals surface area contributed by atoms with Crippen molar-refractivity contribution in [3.63, 3.8) is 0 Å². The van der Waals surface area contributed by atoms with E-state index in [0.717, 1.165) is 69.3 Å². The van der Waals surface area contributed by atoms with Gasteiger partial charge in [-0.25, -0.2) is 4.98 Å². The summed E-state index contributed by atoms with van der Waals surface area (Å²) in [5, 5.41) is 6.04. The minimum absolute atomic E-state index is 0.0428. The van der Waals surface area contributed by atoms with Gasteiger partial charge in [-0.3, -0.25) is 19.3 Å². The van der Waals surface area contributed by atoms with Crippen LogP contribution in [0.2, 0.25) is 0 Å². The summed E-state index contributed by atoms with van der Waals surface area (Å²) in [6, 6.07) is 7.88. The van der Waals surface area contributed by atoms with Crippen molar-refractivity contribution in [1.82, 2.24) is 25.1 Å². The summed E-state index contributed by atoms with van der Waals surface area (Å²) < 4.78 is 0. The molecule has 2 N–H and O–H groups in total. The second kappa shape index (κ2) is 12.8. The topological polar surface area (TPSA) is 111 Å². The van der Waals surface area contributed by atoms with E-state index in [1.54, 1.807) is 11.1 Å². The molecule has 1 saturated carbocycles. The van der Waals surface area contributed by atoms with E-state index < -0.39 is 0 Å². The number of benzene rings is 1. The summed E-state index contributed by atoms with van der Waals surface area (Å²) in [5.41, 5.74) is 2.29. The van der Waals surface area contributed by atoms with E-state index in [-0.39, 0.29) is 17.9 Å². The normalized spacial score (nSPS) is 17.6. The number of likely N-dealkylation sites (tertiary alicyclic amines) is 1. The second-order valence-electron chi connectivity index (χ2n) is 10.4. The van der Waals surface area contributed by atoms with Crippen LogP contribution in [0.25, 0.3) is 0 Å². The third-order valence-electron chi connectivity index (χ3n) is 7.48. The number of hydrogen-bond donors (Lipinski definition) is 2. The highest BCUT2D eigenvalue weighted by molar-refractivity contribution is 5.94. The van der Waals surface area contributed by atoms with E-state index in [1.165, 1.54) is 6.92 Å². The Hall–Kier alpha value is -3.53. The fourth-order valence-corrected chi connectivity index (χ4v) is 5.25. The molecule has 0 bridgehead atoms. The van der Waals surface area contributed by atoms with Gasteiger partial charge in [0.15, 0.2) is 0 Å². The largest absolute Gasteiger partial charge is 0.356 e. The van der Waals surface area contributed by atoms with Gasteiger partial charge >= 0.3 is 0 Å². The maximum absolute atomic E-state index is 12.9. The van der Waals surface area contributed by atoms with Crippen LogP contribution in [0.5, 0.6) is 0 Å². The van der Waals surface area contributed by atoms with E-state index in [4.69, 9.17) is 4.98 Å². The smallest absolute Gasteiger partial charge is 0.253 e. The molecule has 2 aromatic rings. The number of amides is 3. The monoisotopic (exact) mass is 521 g/mol. The van der Waals surface area contributed by atoms with E-state index in [0.29, 0.717) is 36.3 Å². The molecule has 10 heteroatoms. The number of hydrogen-bond acceptors (Lipinski definition) is 7. The zero-order valence-electron chi connectivity index (χ0n) is 22.7. The first-order valence-corrected chi connectivity index (χ1v) is 13.5. The summed E-state index contributed by atoms with van der Waals surface area (Å²) in [7, 11) is 4.10. The molecule has 1 saturated heterocycles. The molecule has 10 nitrogen and oxygen atoms in total. The number of carbonyl (C=O) groups excluding carboxylic acids is 3. The molecule has 1 aromatic carbocycles. The Morgan fingerprint density at radius 3 is 2.47 bits per heavy atom. The van der Waals surface area contributed by atoms with E-state index in [1.807, 2.05) is 43.3 Å². The van der Waals surface area contributed by atoms with Gasteiger partial charge < -0.3 is 20.4 Å². The van der Waals surface area contributed by atoms with Crippen molar-refractivity contribution in [3.8, 4) is 0 Å². The summed E-state index contributed by atoms with van der Waals surface area (Å²) in [6.45, 7) is 3.56.